The molecule has 2 atom stereocenters. The van der Waals surface area contributed by atoms with E-state index in [0.29, 0.717) is 6.42 Å². The SMILES string of the molecule is C[C@H](N)C(=O)N(C(=O)[C@@H](N)Cc1ccccc1)c1ccn[nH]1. The Morgan fingerprint density at radius 2 is 1.86 bits per heavy atom. The van der Waals surface area contributed by atoms with Crippen LogP contribution in [-0.4, -0.2) is 34.1 Å². The van der Waals surface area contributed by atoms with Crippen molar-refractivity contribution in [3.63, 3.8) is 0 Å². The minimum Gasteiger partial charge on any atom is -0.320 e. The maximum atomic E-state index is 12.6. The lowest BCUT2D eigenvalue weighted by molar-refractivity contribution is -0.127. The second kappa shape index (κ2) is 6.97. The van der Waals surface area contributed by atoms with Crippen molar-refractivity contribution in [2.75, 3.05) is 4.90 Å². The number of nitrogens with zero attached hydrogens (tertiary/aromatic N) is 2. The number of rotatable bonds is 5. The standard InChI is InChI=1S/C15H19N5O2/c1-10(16)14(21)20(13-7-8-18-19-13)15(22)12(17)9-11-5-3-2-4-6-11/h2-8,10,12H,9,16-17H2,1H3,(H,18,19)/t10-,12-/m0/s1. The Morgan fingerprint density at radius 1 is 1.18 bits per heavy atom. The molecule has 0 spiro atoms. The van der Waals surface area contributed by atoms with Gasteiger partial charge >= 0.3 is 0 Å². The normalized spacial score (nSPS) is 13.4. The van der Waals surface area contributed by atoms with Crippen LogP contribution in [0.2, 0.25) is 0 Å². The summed E-state index contributed by atoms with van der Waals surface area (Å²) in [6.45, 7) is 1.52. The Labute approximate surface area is 128 Å². The molecule has 0 saturated heterocycles. The predicted molar refractivity (Wildman–Crippen MR) is 82.9 cm³/mol. The van der Waals surface area contributed by atoms with E-state index in [1.165, 1.54) is 19.2 Å². The number of carbonyl (C=O) groups excluding carboxylic acids is 2. The average molecular weight is 301 g/mol. The number of hydrogen-bond acceptors (Lipinski definition) is 5. The molecule has 1 aromatic heterocycles. The first-order valence-corrected chi connectivity index (χ1v) is 6.93. The van der Waals surface area contributed by atoms with Crippen LogP contribution in [0.5, 0.6) is 0 Å². The van der Waals surface area contributed by atoms with Gasteiger partial charge in [-0.1, -0.05) is 30.3 Å². The number of aromatic nitrogens is 2. The van der Waals surface area contributed by atoms with Gasteiger partial charge in [0.1, 0.15) is 5.82 Å². The van der Waals surface area contributed by atoms with Crippen molar-refractivity contribution in [1.82, 2.24) is 10.2 Å². The number of H-pyrrole nitrogens is 1. The highest BCUT2D eigenvalue weighted by molar-refractivity contribution is 6.17. The highest BCUT2D eigenvalue weighted by atomic mass is 16.2. The fourth-order valence-electron chi connectivity index (χ4n) is 2.04. The van der Waals surface area contributed by atoms with Crippen LogP contribution in [0.4, 0.5) is 5.82 Å². The predicted octanol–water partition coefficient (Wildman–Crippen LogP) is 0.187. The molecule has 2 amide bonds. The van der Waals surface area contributed by atoms with Crippen molar-refractivity contribution in [2.45, 2.75) is 25.4 Å². The van der Waals surface area contributed by atoms with E-state index in [4.69, 9.17) is 11.5 Å². The Balaban J connectivity index is 2.20. The summed E-state index contributed by atoms with van der Waals surface area (Å²) in [4.78, 5) is 25.7. The Bertz CT molecular complexity index is 625. The Hall–Kier alpha value is -2.51. The van der Waals surface area contributed by atoms with Gasteiger partial charge in [-0.05, 0) is 18.9 Å². The second-order valence-electron chi connectivity index (χ2n) is 5.04. The van der Waals surface area contributed by atoms with Gasteiger partial charge in [-0.3, -0.25) is 14.7 Å². The number of benzene rings is 1. The van der Waals surface area contributed by atoms with E-state index in [0.717, 1.165) is 10.5 Å². The highest BCUT2D eigenvalue weighted by Crippen LogP contribution is 2.13. The molecule has 116 valence electrons. The van der Waals surface area contributed by atoms with Gasteiger partial charge in [0.05, 0.1) is 18.3 Å². The third-order valence-electron chi connectivity index (χ3n) is 3.17. The van der Waals surface area contributed by atoms with Gasteiger partial charge in [-0.25, -0.2) is 4.90 Å². The summed E-state index contributed by atoms with van der Waals surface area (Å²) >= 11 is 0. The smallest absolute Gasteiger partial charge is 0.252 e. The molecule has 0 bridgehead atoms. The van der Waals surface area contributed by atoms with Crippen molar-refractivity contribution >= 4 is 17.6 Å². The fourth-order valence-corrected chi connectivity index (χ4v) is 2.04. The van der Waals surface area contributed by atoms with Gasteiger partial charge in [0, 0.05) is 6.07 Å². The van der Waals surface area contributed by atoms with Gasteiger partial charge in [0.2, 0.25) is 0 Å². The summed E-state index contributed by atoms with van der Waals surface area (Å²) in [7, 11) is 0. The average Bonchev–Trinajstić information content (AvgIpc) is 3.02. The molecule has 22 heavy (non-hydrogen) atoms. The first-order chi connectivity index (χ1) is 10.5. The molecule has 7 heteroatoms. The fraction of sp³-hybridized carbons (Fsp3) is 0.267. The molecular weight excluding hydrogens is 282 g/mol. The van der Waals surface area contributed by atoms with Crippen LogP contribution in [0.1, 0.15) is 12.5 Å². The molecule has 2 rings (SSSR count). The van der Waals surface area contributed by atoms with E-state index in [2.05, 4.69) is 10.2 Å². The second-order valence-corrected chi connectivity index (χ2v) is 5.04. The number of nitrogens with two attached hydrogens (primary N) is 2. The summed E-state index contributed by atoms with van der Waals surface area (Å²) < 4.78 is 0. The summed E-state index contributed by atoms with van der Waals surface area (Å²) in [5.74, 6) is -0.788. The van der Waals surface area contributed by atoms with Crippen LogP contribution in [0.3, 0.4) is 0 Å². The van der Waals surface area contributed by atoms with Crippen LogP contribution in [0, 0.1) is 0 Å². The van der Waals surface area contributed by atoms with E-state index in [1.807, 2.05) is 30.3 Å². The minimum absolute atomic E-state index is 0.260. The van der Waals surface area contributed by atoms with Crippen molar-refractivity contribution in [1.29, 1.82) is 0 Å². The van der Waals surface area contributed by atoms with Crippen LogP contribution >= 0.6 is 0 Å². The number of aromatic amines is 1. The molecule has 0 fully saturated rings. The molecule has 0 aliphatic carbocycles. The van der Waals surface area contributed by atoms with Crippen molar-refractivity contribution in [3.8, 4) is 0 Å². The van der Waals surface area contributed by atoms with Crippen molar-refractivity contribution in [2.24, 2.45) is 11.5 Å². The summed E-state index contributed by atoms with van der Waals surface area (Å²) in [6.07, 6.45) is 1.78. The number of anilines is 1. The van der Waals surface area contributed by atoms with Crippen LogP contribution in [0.25, 0.3) is 0 Å². The van der Waals surface area contributed by atoms with Crippen LogP contribution < -0.4 is 16.4 Å². The first-order valence-electron chi connectivity index (χ1n) is 6.93. The molecule has 5 N–H and O–H groups in total. The van der Waals surface area contributed by atoms with E-state index in [1.54, 1.807) is 0 Å². The molecule has 1 aromatic carbocycles. The van der Waals surface area contributed by atoms with E-state index in [-0.39, 0.29) is 5.82 Å². The lowest BCUT2D eigenvalue weighted by atomic mass is 10.1. The molecular formula is C15H19N5O2. The molecule has 2 aromatic rings. The summed E-state index contributed by atoms with van der Waals surface area (Å²) in [6, 6.07) is 9.21. The largest absolute Gasteiger partial charge is 0.320 e. The van der Waals surface area contributed by atoms with Crippen molar-refractivity contribution in [3.05, 3.63) is 48.2 Å². The van der Waals surface area contributed by atoms with E-state index in [9.17, 15) is 9.59 Å². The van der Waals surface area contributed by atoms with Crippen molar-refractivity contribution < 1.29 is 9.59 Å². The molecule has 0 aliphatic rings. The number of amides is 2. The third kappa shape index (κ3) is 3.57. The lowest BCUT2D eigenvalue weighted by Gasteiger charge is -2.24. The maximum absolute atomic E-state index is 12.6. The molecule has 0 radical (unpaired) electrons. The zero-order valence-electron chi connectivity index (χ0n) is 12.3. The number of imide groups is 1. The monoisotopic (exact) mass is 301 g/mol. The maximum Gasteiger partial charge on any atom is 0.252 e. The number of hydrogen-bond donors (Lipinski definition) is 3. The summed E-state index contributed by atoms with van der Waals surface area (Å²) in [5.41, 5.74) is 12.5. The van der Waals surface area contributed by atoms with Crippen LogP contribution in [-0.2, 0) is 16.0 Å². The number of nitrogens with one attached hydrogen (secondary N) is 1. The topological polar surface area (TPSA) is 118 Å². The third-order valence-corrected chi connectivity index (χ3v) is 3.17. The Morgan fingerprint density at radius 3 is 2.41 bits per heavy atom. The molecule has 0 aliphatic heterocycles. The quantitative estimate of drug-likeness (QED) is 0.728. The molecule has 0 saturated carbocycles. The van der Waals surface area contributed by atoms with E-state index >= 15 is 0 Å². The van der Waals surface area contributed by atoms with E-state index < -0.39 is 23.9 Å². The summed E-state index contributed by atoms with van der Waals surface area (Å²) in [5, 5.41) is 6.35. The highest BCUT2D eigenvalue weighted by Gasteiger charge is 2.30. The van der Waals surface area contributed by atoms with Gasteiger partial charge in [-0.2, -0.15) is 5.10 Å². The minimum atomic E-state index is -0.853. The van der Waals surface area contributed by atoms with Gasteiger partial charge < -0.3 is 11.5 Å². The van der Waals surface area contributed by atoms with Gasteiger partial charge in [0.15, 0.2) is 0 Å². The molecule has 7 nitrogen and oxygen atoms in total. The van der Waals surface area contributed by atoms with Gasteiger partial charge in [0.25, 0.3) is 11.8 Å². The zero-order chi connectivity index (χ0) is 16.1. The van der Waals surface area contributed by atoms with Crippen LogP contribution in [0.15, 0.2) is 42.6 Å². The van der Waals surface area contributed by atoms with Gasteiger partial charge in [-0.15, -0.1) is 0 Å². The lowest BCUT2D eigenvalue weighted by Crippen LogP contribution is -2.52. The zero-order valence-corrected chi connectivity index (χ0v) is 12.3. The molecule has 1 heterocycles. The number of carbonyl (C=O) groups is 2. The Kier molecular flexibility index (Phi) is 5.03. The molecule has 0 unspecified atom stereocenters. The first kappa shape index (κ1) is 15.9.